The first kappa shape index (κ1) is 75.1. The summed E-state index contributed by atoms with van der Waals surface area (Å²) in [6.07, 6.45) is 91.2. The molecule has 0 spiro atoms. The van der Waals surface area contributed by atoms with E-state index in [-0.39, 0.29) is 31.1 Å². The van der Waals surface area contributed by atoms with Crippen LogP contribution in [0.15, 0.2) is 109 Å². The van der Waals surface area contributed by atoms with E-state index in [0.29, 0.717) is 19.3 Å². The smallest absolute Gasteiger partial charge is 0.306 e. The Hall–Kier alpha value is -3.93. The van der Waals surface area contributed by atoms with Crippen LogP contribution in [0.3, 0.4) is 0 Å². The quantitative estimate of drug-likeness (QED) is 0.0261. The van der Waals surface area contributed by atoms with Crippen LogP contribution in [0, 0.1) is 0 Å². The summed E-state index contributed by atoms with van der Waals surface area (Å²) in [6.45, 7) is 6.49. The lowest BCUT2D eigenvalue weighted by Gasteiger charge is -2.18. The van der Waals surface area contributed by atoms with Crippen molar-refractivity contribution in [2.24, 2.45) is 0 Å². The van der Waals surface area contributed by atoms with Crippen LogP contribution in [0.25, 0.3) is 0 Å². The summed E-state index contributed by atoms with van der Waals surface area (Å²) in [6, 6.07) is 0. The van der Waals surface area contributed by atoms with Crippen molar-refractivity contribution < 1.29 is 28.6 Å². The Kier molecular flexibility index (Phi) is 63.3. The summed E-state index contributed by atoms with van der Waals surface area (Å²) < 4.78 is 16.9. The molecule has 0 bridgehead atoms. The van der Waals surface area contributed by atoms with E-state index < -0.39 is 6.10 Å². The highest BCUT2D eigenvalue weighted by molar-refractivity contribution is 5.71. The summed E-state index contributed by atoms with van der Waals surface area (Å²) in [7, 11) is 0. The Morgan fingerprint density at radius 3 is 0.772 bits per heavy atom. The number of carbonyl (C=O) groups is 3. The van der Waals surface area contributed by atoms with Crippen LogP contribution >= 0.6 is 0 Å². The fraction of sp³-hybridized carbons (Fsp3) is 0.712. The molecule has 0 fully saturated rings. The van der Waals surface area contributed by atoms with Crippen LogP contribution in [0.2, 0.25) is 0 Å². The number of hydrogen-bond acceptors (Lipinski definition) is 6. The fourth-order valence-corrected chi connectivity index (χ4v) is 9.28. The van der Waals surface area contributed by atoms with E-state index in [0.717, 1.165) is 109 Å². The summed E-state index contributed by atoms with van der Waals surface area (Å²) in [5, 5.41) is 0. The molecule has 0 rings (SSSR count). The van der Waals surface area contributed by atoms with Gasteiger partial charge in [-0.05, 0) is 109 Å². The van der Waals surface area contributed by atoms with E-state index in [1.54, 1.807) is 0 Å². The molecule has 0 saturated heterocycles. The summed E-state index contributed by atoms with van der Waals surface area (Å²) in [5.74, 6) is -0.887. The fourth-order valence-electron chi connectivity index (χ4n) is 9.28. The van der Waals surface area contributed by atoms with Gasteiger partial charge >= 0.3 is 17.9 Å². The number of unbranched alkanes of at least 4 members (excludes halogenated alkanes) is 31. The lowest BCUT2D eigenvalue weighted by Crippen LogP contribution is -2.30. The van der Waals surface area contributed by atoms with E-state index >= 15 is 0 Å². The van der Waals surface area contributed by atoms with Gasteiger partial charge in [0.1, 0.15) is 13.2 Å². The third-order valence-electron chi connectivity index (χ3n) is 14.3. The third-order valence-corrected chi connectivity index (χ3v) is 14.3. The Morgan fingerprint density at radius 2 is 0.494 bits per heavy atom. The molecule has 0 aliphatic rings. The first-order chi connectivity index (χ1) is 39.0. The molecular formula is C73H124O6. The molecule has 0 saturated carbocycles. The van der Waals surface area contributed by atoms with E-state index in [1.807, 2.05) is 0 Å². The highest BCUT2D eigenvalue weighted by Gasteiger charge is 2.19. The molecule has 0 heterocycles. The largest absolute Gasteiger partial charge is 0.462 e. The zero-order chi connectivity index (χ0) is 57.1. The normalized spacial score (nSPS) is 12.8. The average Bonchev–Trinajstić information content (AvgIpc) is 3.45. The molecule has 6 nitrogen and oxygen atoms in total. The summed E-state index contributed by atoms with van der Waals surface area (Å²) in [4.78, 5) is 38.1. The Balaban J connectivity index is 4.15. The minimum Gasteiger partial charge on any atom is -0.462 e. The van der Waals surface area contributed by atoms with Gasteiger partial charge in [-0.25, -0.2) is 0 Å². The minimum atomic E-state index is -0.781. The van der Waals surface area contributed by atoms with Crippen LogP contribution in [0.4, 0.5) is 0 Å². The maximum absolute atomic E-state index is 12.9. The highest BCUT2D eigenvalue weighted by Crippen LogP contribution is 2.16. The molecule has 79 heavy (non-hydrogen) atoms. The molecule has 6 heteroatoms. The lowest BCUT2D eigenvalue weighted by atomic mass is 10.0. The standard InChI is InChI=1S/C73H124O6/c1-4-7-10-13-16-18-20-22-24-26-28-30-32-34-35-36-37-39-40-42-44-46-48-50-52-54-57-60-63-66-72(75)78-69-70(68-77-71(74)65-62-59-56-15-12-9-6-3)79-73(76)67-64-61-58-55-53-51-49-47-45-43-41-38-33-31-29-27-25-23-21-19-17-14-11-8-5-2/h7,10,16,18,21-24,27-30,33-35,37-39,70H,4-6,8-9,11-15,17,19-20,25-26,31-32,36,40-69H2,1-3H3/b10-7-,18-16-,23-21-,24-22-,29-27-,30-28-,35-34-,38-33-,39-37-. The van der Waals surface area contributed by atoms with Gasteiger partial charge in [-0.1, -0.05) is 297 Å². The number of ether oxygens (including phenoxy) is 3. The van der Waals surface area contributed by atoms with E-state index in [4.69, 9.17) is 14.2 Å². The third kappa shape index (κ3) is 64.8. The van der Waals surface area contributed by atoms with Crippen LogP contribution in [-0.4, -0.2) is 37.2 Å². The molecule has 0 N–H and O–H groups in total. The van der Waals surface area contributed by atoms with Gasteiger partial charge in [0.2, 0.25) is 0 Å². The van der Waals surface area contributed by atoms with Crippen molar-refractivity contribution in [1.82, 2.24) is 0 Å². The van der Waals surface area contributed by atoms with Crippen molar-refractivity contribution in [2.75, 3.05) is 13.2 Å². The predicted molar refractivity (Wildman–Crippen MR) is 343 cm³/mol. The monoisotopic (exact) mass is 1100 g/mol. The van der Waals surface area contributed by atoms with Gasteiger partial charge in [-0.2, -0.15) is 0 Å². The van der Waals surface area contributed by atoms with Gasteiger partial charge in [0.05, 0.1) is 0 Å². The number of carbonyl (C=O) groups excluding carboxylic acids is 3. The SMILES string of the molecule is CC/C=C\C/C=C\C/C=C\C/C=C\C/C=C\C/C=C\CCCCCCCCCCCCC(=O)OCC(COC(=O)CCCCCCCCC)OC(=O)CCCCCCCCCCCC/C=C\C/C=C\C/C=C\CCCCCCC. The average molecular weight is 1100 g/mol. The topological polar surface area (TPSA) is 78.9 Å². The number of rotatable bonds is 60. The van der Waals surface area contributed by atoms with Gasteiger partial charge in [-0.3, -0.25) is 14.4 Å². The molecule has 452 valence electrons. The van der Waals surface area contributed by atoms with Crippen molar-refractivity contribution in [1.29, 1.82) is 0 Å². The minimum absolute atomic E-state index is 0.0796. The summed E-state index contributed by atoms with van der Waals surface area (Å²) in [5.41, 5.74) is 0. The van der Waals surface area contributed by atoms with Crippen LogP contribution < -0.4 is 0 Å². The zero-order valence-electron chi connectivity index (χ0n) is 51.9. The molecule has 0 aliphatic heterocycles. The predicted octanol–water partition coefficient (Wildman–Crippen LogP) is 23.0. The van der Waals surface area contributed by atoms with Gasteiger partial charge in [0.25, 0.3) is 0 Å². The van der Waals surface area contributed by atoms with Crippen LogP contribution in [0.1, 0.15) is 316 Å². The summed E-state index contributed by atoms with van der Waals surface area (Å²) >= 11 is 0. The maximum Gasteiger partial charge on any atom is 0.306 e. The first-order valence-corrected chi connectivity index (χ1v) is 33.4. The zero-order valence-corrected chi connectivity index (χ0v) is 51.9. The molecule has 0 amide bonds. The second kappa shape index (κ2) is 66.6. The van der Waals surface area contributed by atoms with Crippen molar-refractivity contribution in [3.05, 3.63) is 109 Å². The Morgan fingerprint density at radius 1 is 0.266 bits per heavy atom. The number of allylic oxidation sites excluding steroid dienone is 18. The van der Waals surface area contributed by atoms with Gasteiger partial charge in [-0.15, -0.1) is 0 Å². The van der Waals surface area contributed by atoms with Gasteiger partial charge in [0, 0.05) is 19.3 Å². The second-order valence-corrected chi connectivity index (χ2v) is 22.0. The highest BCUT2D eigenvalue weighted by atomic mass is 16.6. The lowest BCUT2D eigenvalue weighted by molar-refractivity contribution is -0.167. The van der Waals surface area contributed by atoms with E-state index in [9.17, 15) is 14.4 Å². The molecule has 0 aliphatic carbocycles. The Bertz CT molecular complexity index is 1590. The van der Waals surface area contributed by atoms with Gasteiger partial charge in [0.15, 0.2) is 6.10 Å². The second-order valence-electron chi connectivity index (χ2n) is 22.0. The van der Waals surface area contributed by atoms with Crippen LogP contribution in [-0.2, 0) is 28.6 Å². The first-order valence-electron chi connectivity index (χ1n) is 33.4. The van der Waals surface area contributed by atoms with Crippen molar-refractivity contribution in [2.45, 2.75) is 322 Å². The Labute approximate surface area is 489 Å². The number of hydrogen-bond donors (Lipinski definition) is 0. The molecule has 0 aromatic heterocycles. The molecule has 1 unspecified atom stereocenters. The number of esters is 3. The van der Waals surface area contributed by atoms with Crippen LogP contribution in [0.5, 0.6) is 0 Å². The molecule has 0 radical (unpaired) electrons. The molecule has 0 aromatic carbocycles. The van der Waals surface area contributed by atoms with E-state index in [1.165, 1.54) is 167 Å². The molecule has 0 aromatic rings. The molecular weight excluding hydrogens is 973 g/mol. The molecule has 1 atom stereocenters. The van der Waals surface area contributed by atoms with Crippen molar-refractivity contribution in [3.8, 4) is 0 Å². The van der Waals surface area contributed by atoms with Gasteiger partial charge < -0.3 is 14.2 Å². The van der Waals surface area contributed by atoms with Crippen molar-refractivity contribution >= 4 is 17.9 Å². The van der Waals surface area contributed by atoms with Crippen molar-refractivity contribution in [3.63, 3.8) is 0 Å². The van der Waals surface area contributed by atoms with E-state index in [2.05, 4.69) is 130 Å². The maximum atomic E-state index is 12.9.